The van der Waals surface area contributed by atoms with E-state index >= 15 is 0 Å². The Morgan fingerprint density at radius 2 is 2.22 bits per heavy atom. The van der Waals surface area contributed by atoms with Crippen LogP contribution in [0.1, 0.15) is 24.1 Å². The van der Waals surface area contributed by atoms with Gasteiger partial charge in [0.2, 0.25) is 5.91 Å². The number of H-pyrrole nitrogens is 1. The van der Waals surface area contributed by atoms with E-state index in [0.29, 0.717) is 6.42 Å². The number of aromatic nitrogens is 3. The maximum atomic E-state index is 12.3. The third kappa shape index (κ3) is 3.27. The van der Waals surface area contributed by atoms with Gasteiger partial charge in [0.25, 0.3) is 0 Å². The molecule has 1 aromatic carbocycles. The molecule has 0 aliphatic heterocycles. The number of nitrogens with one attached hydrogen (secondary N) is 2. The second kappa shape index (κ2) is 6.26. The maximum absolute atomic E-state index is 12.3. The largest absolute Gasteiger partial charge is 0.361 e. The average Bonchev–Trinajstić information content (AvgIpc) is 3.14. The molecule has 0 saturated carbocycles. The molecule has 2 aromatic heterocycles. The first-order valence-electron chi connectivity index (χ1n) is 7.64. The molecular formula is C17H21N5O. The van der Waals surface area contributed by atoms with Gasteiger partial charge in [-0.1, -0.05) is 18.2 Å². The number of hydrogen-bond acceptors (Lipinski definition) is 3. The van der Waals surface area contributed by atoms with E-state index in [2.05, 4.69) is 15.4 Å². The van der Waals surface area contributed by atoms with Crippen LogP contribution in [0, 0.1) is 0 Å². The highest BCUT2D eigenvalue weighted by Crippen LogP contribution is 2.19. The Balaban J connectivity index is 1.65. The summed E-state index contributed by atoms with van der Waals surface area (Å²) in [4.78, 5) is 15.5. The van der Waals surface area contributed by atoms with Crippen LogP contribution in [0.4, 0.5) is 0 Å². The third-order valence-corrected chi connectivity index (χ3v) is 4.04. The summed E-state index contributed by atoms with van der Waals surface area (Å²) in [7, 11) is 1.85. The first kappa shape index (κ1) is 15.3. The van der Waals surface area contributed by atoms with Gasteiger partial charge >= 0.3 is 0 Å². The van der Waals surface area contributed by atoms with Crippen molar-refractivity contribution in [3.05, 3.63) is 54.0 Å². The molecule has 4 N–H and O–H groups in total. The van der Waals surface area contributed by atoms with Crippen molar-refractivity contribution in [3.63, 3.8) is 0 Å². The molecule has 0 aliphatic carbocycles. The second-order valence-corrected chi connectivity index (χ2v) is 5.85. The molecule has 0 spiro atoms. The van der Waals surface area contributed by atoms with Crippen LogP contribution in [0.25, 0.3) is 10.9 Å². The molecule has 1 amide bonds. The van der Waals surface area contributed by atoms with Crippen LogP contribution in [-0.4, -0.2) is 26.7 Å². The zero-order valence-corrected chi connectivity index (χ0v) is 13.3. The first-order valence-corrected chi connectivity index (χ1v) is 7.64. The molecule has 3 aromatic rings. The van der Waals surface area contributed by atoms with Gasteiger partial charge in [-0.2, -0.15) is 5.10 Å². The standard InChI is InChI=1S/C17H21N5O/c1-11(13-9-20-22(2)10-13)21-17(23)15(18)7-12-8-19-16-6-4-3-5-14(12)16/h3-6,8-11,15,19H,7,18H2,1-2H3,(H,21,23)/t11?,15-/m0/s1. The van der Waals surface area contributed by atoms with Gasteiger partial charge in [-0.05, 0) is 25.0 Å². The fourth-order valence-corrected chi connectivity index (χ4v) is 2.70. The number of aryl methyl sites for hydroxylation is 1. The molecule has 3 rings (SSSR count). The Kier molecular flexibility index (Phi) is 4.16. The molecule has 0 fully saturated rings. The summed E-state index contributed by atoms with van der Waals surface area (Å²) < 4.78 is 1.71. The van der Waals surface area contributed by atoms with Crippen molar-refractivity contribution in [1.29, 1.82) is 0 Å². The summed E-state index contributed by atoms with van der Waals surface area (Å²) >= 11 is 0. The predicted octanol–water partition coefficient (Wildman–Crippen LogP) is 1.65. The van der Waals surface area contributed by atoms with Crippen LogP contribution in [0.5, 0.6) is 0 Å². The van der Waals surface area contributed by atoms with E-state index in [1.54, 1.807) is 10.9 Å². The molecule has 0 aliphatic rings. The van der Waals surface area contributed by atoms with E-state index in [4.69, 9.17) is 5.73 Å². The summed E-state index contributed by atoms with van der Waals surface area (Å²) in [5, 5.41) is 8.16. The van der Waals surface area contributed by atoms with Gasteiger partial charge < -0.3 is 16.0 Å². The Labute approximate surface area is 134 Å². The maximum Gasteiger partial charge on any atom is 0.237 e. The minimum absolute atomic E-state index is 0.120. The van der Waals surface area contributed by atoms with Crippen molar-refractivity contribution >= 4 is 16.8 Å². The average molecular weight is 311 g/mol. The Hall–Kier alpha value is -2.60. The van der Waals surface area contributed by atoms with Crippen molar-refractivity contribution in [2.24, 2.45) is 12.8 Å². The van der Waals surface area contributed by atoms with E-state index in [9.17, 15) is 4.79 Å². The highest BCUT2D eigenvalue weighted by atomic mass is 16.2. The van der Waals surface area contributed by atoms with Gasteiger partial charge in [0.15, 0.2) is 0 Å². The lowest BCUT2D eigenvalue weighted by Gasteiger charge is -2.16. The minimum atomic E-state index is -0.590. The number of aromatic amines is 1. The molecule has 6 nitrogen and oxygen atoms in total. The van der Waals surface area contributed by atoms with Gasteiger partial charge in [0, 0.05) is 35.9 Å². The van der Waals surface area contributed by atoms with E-state index in [-0.39, 0.29) is 11.9 Å². The number of carbonyl (C=O) groups is 1. The number of benzene rings is 1. The Morgan fingerprint density at radius 3 is 2.96 bits per heavy atom. The molecular weight excluding hydrogens is 290 g/mol. The number of rotatable bonds is 5. The number of carbonyl (C=O) groups excluding carboxylic acids is 1. The molecule has 120 valence electrons. The van der Waals surface area contributed by atoms with Crippen molar-refractivity contribution in [3.8, 4) is 0 Å². The number of amides is 1. The summed E-state index contributed by atoms with van der Waals surface area (Å²) in [6, 6.07) is 7.29. The van der Waals surface area contributed by atoms with Crippen molar-refractivity contribution < 1.29 is 4.79 Å². The normalized spacial score (nSPS) is 13.9. The SMILES string of the molecule is CC(NC(=O)[C@@H](N)Cc1c[nH]c2ccccc12)c1cnn(C)c1. The molecule has 23 heavy (non-hydrogen) atoms. The lowest BCUT2D eigenvalue weighted by Crippen LogP contribution is -2.42. The summed E-state index contributed by atoms with van der Waals surface area (Å²) in [5.41, 5.74) is 9.15. The van der Waals surface area contributed by atoms with Gasteiger partial charge in [0.1, 0.15) is 0 Å². The van der Waals surface area contributed by atoms with E-state index < -0.39 is 6.04 Å². The van der Waals surface area contributed by atoms with Gasteiger partial charge in [-0.15, -0.1) is 0 Å². The van der Waals surface area contributed by atoms with Crippen LogP contribution in [0.15, 0.2) is 42.9 Å². The molecule has 0 saturated heterocycles. The van der Waals surface area contributed by atoms with Gasteiger partial charge in [-0.25, -0.2) is 0 Å². The van der Waals surface area contributed by atoms with Crippen LogP contribution in [-0.2, 0) is 18.3 Å². The van der Waals surface area contributed by atoms with Crippen LogP contribution in [0.2, 0.25) is 0 Å². The highest BCUT2D eigenvalue weighted by Gasteiger charge is 2.19. The lowest BCUT2D eigenvalue weighted by atomic mass is 10.0. The van der Waals surface area contributed by atoms with Crippen molar-refractivity contribution in [1.82, 2.24) is 20.1 Å². The molecule has 2 heterocycles. The summed E-state index contributed by atoms with van der Waals surface area (Å²) in [6.45, 7) is 1.92. The molecule has 0 bridgehead atoms. The van der Waals surface area contributed by atoms with Crippen LogP contribution in [0.3, 0.4) is 0 Å². The fourth-order valence-electron chi connectivity index (χ4n) is 2.70. The summed E-state index contributed by atoms with van der Waals surface area (Å²) in [5.74, 6) is -0.161. The minimum Gasteiger partial charge on any atom is -0.361 e. The van der Waals surface area contributed by atoms with E-state index in [0.717, 1.165) is 22.0 Å². The number of fused-ring (bicyclic) bond motifs is 1. The lowest BCUT2D eigenvalue weighted by molar-refractivity contribution is -0.123. The predicted molar refractivity (Wildman–Crippen MR) is 89.7 cm³/mol. The highest BCUT2D eigenvalue weighted by molar-refractivity contribution is 5.86. The summed E-state index contributed by atoms with van der Waals surface area (Å²) in [6.07, 6.45) is 6.05. The smallest absolute Gasteiger partial charge is 0.237 e. The molecule has 2 atom stereocenters. The third-order valence-electron chi connectivity index (χ3n) is 4.04. The van der Waals surface area contributed by atoms with Crippen molar-refractivity contribution in [2.45, 2.75) is 25.4 Å². The second-order valence-electron chi connectivity index (χ2n) is 5.85. The van der Waals surface area contributed by atoms with E-state index in [1.807, 2.05) is 50.6 Å². The number of nitrogens with two attached hydrogens (primary N) is 1. The topological polar surface area (TPSA) is 88.7 Å². The number of hydrogen-bond donors (Lipinski definition) is 3. The zero-order valence-electron chi connectivity index (χ0n) is 13.3. The van der Waals surface area contributed by atoms with Crippen molar-refractivity contribution in [2.75, 3.05) is 0 Å². The number of nitrogens with zero attached hydrogens (tertiary/aromatic N) is 2. The van der Waals surface area contributed by atoms with E-state index in [1.165, 1.54) is 0 Å². The van der Waals surface area contributed by atoms with Crippen LogP contribution < -0.4 is 11.1 Å². The Bertz CT molecular complexity index is 819. The van der Waals surface area contributed by atoms with Gasteiger partial charge in [0.05, 0.1) is 18.3 Å². The number of para-hydroxylation sites is 1. The monoisotopic (exact) mass is 311 g/mol. The molecule has 1 unspecified atom stereocenters. The quantitative estimate of drug-likeness (QED) is 0.669. The Morgan fingerprint density at radius 1 is 1.43 bits per heavy atom. The molecule has 0 radical (unpaired) electrons. The van der Waals surface area contributed by atoms with Gasteiger partial charge in [-0.3, -0.25) is 9.48 Å². The zero-order chi connectivity index (χ0) is 16.4. The van der Waals surface area contributed by atoms with Crippen LogP contribution >= 0.6 is 0 Å². The molecule has 6 heteroatoms. The first-order chi connectivity index (χ1) is 11.0. The fraction of sp³-hybridized carbons (Fsp3) is 0.294.